The summed E-state index contributed by atoms with van der Waals surface area (Å²) in [4.78, 5) is 38.2. The number of hydrogen-bond donors (Lipinski definition) is 2. The van der Waals surface area contributed by atoms with Gasteiger partial charge < -0.3 is 19.5 Å². The van der Waals surface area contributed by atoms with Gasteiger partial charge in [0.15, 0.2) is 0 Å². The molecule has 1 aliphatic carbocycles. The Morgan fingerprint density at radius 3 is 2.43 bits per heavy atom. The molecular weight excluding hydrogens is 456 g/mol. The van der Waals surface area contributed by atoms with Gasteiger partial charge in [0.2, 0.25) is 11.5 Å². The Bertz CT molecular complexity index is 1230. The van der Waals surface area contributed by atoms with Gasteiger partial charge in [-0.25, -0.2) is 9.42 Å². The van der Waals surface area contributed by atoms with Gasteiger partial charge in [-0.05, 0) is 32.6 Å². The van der Waals surface area contributed by atoms with Crippen LogP contribution in [0.4, 0.5) is 10.6 Å². The molecule has 2 aliphatic rings. The molecule has 11 heteroatoms. The first-order valence-corrected chi connectivity index (χ1v) is 11.1. The number of benzene rings is 2. The van der Waals surface area contributed by atoms with Crippen molar-refractivity contribution in [3.8, 4) is 11.1 Å². The van der Waals surface area contributed by atoms with E-state index in [1.54, 1.807) is 0 Å². The number of rotatable bonds is 5. The van der Waals surface area contributed by atoms with Crippen LogP contribution in [0, 0.1) is 5.92 Å². The van der Waals surface area contributed by atoms with Crippen LogP contribution < -0.4 is 5.32 Å². The molecule has 180 valence electrons. The lowest BCUT2D eigenvalue weighted by atomic mass is 9.98. The van der Waals surface area contributed by atoms with Crippen LogP contribution in [0.15, 0.2) is 53.2 Å². The molecule has 11 nitrogen and oxygen atoms in total. The molecule has 5 rings (SSSR count). The maximum absolute atomic E-state index is 12.9. The lowest BCUT2D eigenvalue weighted by Gasteiger charge is -2.20. The van der Waals surface area contributed by atoms with E-state index in [0.29, 0.717) is 0 Å². The number of carbonyl (C=O) groups excluding carboxylic acids is 2. The van der Waals surface area contributed by atoms with Crippen molar-refractivity contribution in [2.75, 3.05) is 38.2 Å². The second-order valence-electron chi connectivity index (χ2n) is 8.27. The number of carboxylic acids is 1. The fourth-order valence-corrected chi connectivity index (χ4v) is 4.44. The summed E-state index contributed by atoms with van der Waals surface area (Å²) >= 11 is 0. The molecular formula is C24H22N4O7. The number of aliphatic carboxylic acids is 1. The number of nitrogens with one attached hydrogen (secondary N) is 1. The minimum Gasteiger partial charge on any atom is -0.481 e. The van der Waals surface area contributed by atoms with Crippen molar-refractivity contribution in [1.29, 1.82) is 0 Å². The van der Waals surface area contributed by atoms with Crippen LogP contribution in [0.1, 0.15) is 27.5 Å². The average Bonchev–Trinajstić information content (AvgIpc) is 3.35. The fourth-order valence-electron chi connectivity index (χ4n) is 4.44. The van der Waals surface area contributed by atoms with E-state index >= 15 is 0 Å². The highest BCUT2D eigenvalue weighted by Crippen LogP contribution is 2.44. The summed E-state index contributed by atoms with van der Waals surface area (Å²) in [5.74, 6) is -2.91. The van der Waals surface area contributed by atoms with E-state index in [-0.39, 0.29) is 50.3 Å². The molecule has 3 aromatic rings. The summed E-state index contributed by atoms with van der Waals surface area (Å²) in [7, 11) is 0. The zero-order valence-electron chi connectivity index (χ0n) is 18.5. The lowest BCUT2D eigenvalue weighted by Crippen LogP contribution is -2.38. The van der Waals surface area contributed by atoms with Gasteiger partial charge in [-0.2, -0.15) is 0 Å². The minimum atomic E-state index is -1.07. The van der Waals surface area contributed by atoms with E-state index in [2.05, 4.69) is 20.3 Å². The normalized spacial score (nSPS) is 17.3. The molecule has 0 saturated carbocycles. The molecule has 0 spiro atoms. The van der Waals surface area contributed by atoms with Gasteiger partial charge in [0.25, 0.3) is 5.91 Å². The number of ether oxygens (including phenoxy) is 2. The molecule has 2 aromatic carbocycles. The molecule has 1 unspecified atom stereocenters. The van der Waals surface area contributed by atoms with Gasteiger partial charge in [-0.15, -0.1) is 0 Å². The predicted molar refractivity (Wildman–Crippen MR) is 121 cm³/mol. The number of carbonyl (C=O) groups is 3. The Morgan fingerprint density at radius 2 is 1.74 bits per heavy atom. The number of anilines is 1. The van der Waals surface area contributed by atoms with Crippen molar-refractivity contribution in [2.45, 2.75) is 5.92 Å². The van der Waals surface area contributed by atoms with Gasteiger partial charge in [0.1, 0.15) is 6.61 Å². The number of nitrogens with zero attached hydrogens (tertiary/aromatic N) is 3. The van der Waals surface area contributed by atoms with Gasteiger partial charge in [0, 0.05) is 19.0 Å². The minimum absolute atomic E-state index is 0.00103. The molecule has 2 N–H and O–H groups in total. The molecule has 1 fully saturated rings. The van der Waals surface area contributed by atoms with E-state index in [1.807, 2.05) is 48.5 Å². The molecule has 0 radical (unpaired) electrons. The zero-order valence-corrected chi connectivity index (χ0v) is 18.5. The molecule has 0 bridgehead atoms. The van der Waals surface area contributed by atoms with Crippen LogP contribution >= 0.6 is 0 Å². The smallest absolute Gasteiger partial charge is 0.412 e. The van der Waals surface area contributed by atoms with Crippen molar-refractivity contribution in [3.05, 3.63) is 65.4 Å². The Hall–Kier alpha value is -4.25. The van der Waals surface area contributed by atoms with Crippen LogP contribution in [0.25, 0.3) is 11.1 Å². The van der Waals surface area contributed by atoms with E-state index in [0.717, 1.165) is 22.3 Å². The number of amides is 2. The first-order valence-electron chi connectivity index (χ1n) is 11.1. The first kappa shape index (κ1) is 22.5. The highest BCUT2D eigenvalue weighted by molar-refractivity contribution is 5.99. The molecule has 2 heterocycles. The van der Waals surface area contributed by atoms with Gasteiger partial charge in [-0.3, -0.25) is 14.9 Å². The van der Waals surface area contributed by atoms with Crippen LogP contribution in [-0.2, 0) is 14.3 Å². The van der Waals surface area contributed by atoms with E-state index in [1.165, 1.54) is 4.90 Å². The summed E-state index contributed by atoms with van der Waals surface area (Å²) in [5, 5.41) is 18.9. The zero-order chi connectivity index (χ0) is 24.4. The number of aromatic nitrogens is 2. The average molecular weight is 478 g/mol. The van der Waals surface area contributed by atoms with E-state index in [9.17, 15) is 19.5 Å². The Kier molecular flexibility index (Phi) is 6.15. The summed E-state index contributed by atoms with van der Waals surface area (Å²) in [5.41, 5.74) is 4.09. The monoisotopic (exact) mass is 478 g/mol. The van der Waals surface area contributed by atoms with Crippen LogP contribution in [0.5, 0.6) is 0 Å². The van der Waals surface area contributed by atoms with Crippen molar-refractivity contribution in [2.24, 2.45) is 5.92 Å². The van der Waals surface area contributed by atoms with Crippen LogP contribution in [0.3, 0.4) is 0 Å². The van der Waals surface area contributed by atoms with Crippen LogP contribution in [-0.4, -0.2) is 71.2 Å². The predicted octanol–water partition coefficient (Wildman–Crippen LogP) is 2.60. The van der Waals surface area contributed by atoms with E-state index < -0.39 is 23.9 Å². The molecule has 35 heavy (non-hydrogen) atoms. The van der Waals surface area contributed by atoms with Crippen molar-refractivity contribution in [1.82, 2.24) is 15.2 Å². The standard InChI is InChI=1S/C24H22N4O7/c29-22(28-9-10-33-12-14(11-28)23(30)31)20-21(27-35-26-20)25-24(32)34-13-19-17-7-3-1-5-15(17)16-6-2-4-8-18(16)19/h1-8,14,19H,9-13H2,(H,30,31)(H,25,27,32). The molecule has 1 atom stereocenters. The quantitative estimate of drug-likeness (QED) is 0.565. The number of carboxylic acid groups (broad SMARTS) is 1. The first-order chi connectivity index (χ1) is 17.0. The Labute approximate surface area is 199 Å². The fraction of sp³-hybridized carbons (Fsp3) is 0.292. The second kappa shape index (κ2) is 9.55. The van der Waals surface area contributed by atoms with Gasteiger partial charge >= 0.3 is 12.1 Å². The van der Waals surface area contributed by atoms with Gasteiger partial charge in [-0.1, -0.05) is 48.5 Å². The summed E-state index contributed by atoms with van der Waals surface area (Å²) < 4.78 is 15.4. The van der Waals surface area contributed by atoms with E-state index in [4.69, 9.17) is 9.47 Å². The maximum Gasteiger partial charge on any atom is 0.412 e. The summed E-state index contributed by atoms with van der Waals surface area (Å²) in [6.45, 7) is 0.362. The van der Waals surface area contributed by atoms with Crippen molar-refractivity contribution in [3.63, 3.8) is 0 Å². The van der Waals surface area contributed by atoms with Crippen molar-refractivity contribution >= 4 is 23.8 Å². The number of fused-ring (bicyclic) bond motifs is 3. The second-order valence-corrected chi connectivity index (χ2v) is 8.27. The third-order valence-electron chi connectivity index (χ3n) is 6.16. The molecule has 1 saturated heterocycles. The highest BCUT2D eigenvalue weighted by Gasteiger charge is 2.32. The van der Waals surface area contributed by atoms with Crippen molar-refractivity contribution < 1.29 is 33.6 Å². The molecule has 1 aromatic heterocycles. The molecule has 1 aliphatic heterocycles. The highest BCUT2D eigenvalue weighted by atomic mass is 16.6. The largest absolute Gasteiger partial charge is 0.481 e. The summed E-state index contributed by atoms with van der Waals surface area (Å²) in [6, 6.07) is 15.9. The maximum atomic E-state index is 12.9. The third-order valence-corrected chi connectivity index (χ3v) is 6.16. The topological polar surface area (TPSA) is 144 Å². The molecule has 2 amide bonds. The lowest BCUT2D eigenvalue weighted by molar-refractivity contribution is -0.143. The van der Waals surface area contributed by atoms with Gasteiger partial charge in [0.05, 0.1) is 19.1 Å². The third kappa shape index (κ3) is 4.45. The number of hydrogen-bond acceptors (Lipinski definition) is 8. The Morgan fingerprint density at radius 1 is 1.06 bits per heavy atom. The summed E-state index contributed by atoms with van der Waals surface area (Å²) in [6.07, 6.45) is -0.820. The van der Waals surface area contributed by atoms with Crippen LogP contribution in [0.2, 0.25) is 0 Å². The SMILES string of the molecule is O=C(Nc1nonc1C(=O)N1CCOCC(C(=O)O)C1)OCC1c2ccccc2-c2ccccc21. The Balaban J connectivity index is 1.26.